The molecule has 0 unspecified atom stereocenters. The van der Waals surface area contributed by atoms with Crippen LogP contribution in [0.4, 0.5) is 21.0 Å². The van der Waals surface area contributed by atoms with Crippen molar-refractivity contribution >= 4 is 71.0 Å². The molecule has 0 aliphatic carbocycles. The minimum Gasteiger partial charge on any atom is -0.351 e. The minimum absolute atomic E-state index is 0. The Bertz CT molecular complexity index is 1180. The number of guanidine groups is 2. The summed E-state index contributed by atoms with van der Waals surface area (Å²) in [5.74, 6) is -0.0729. The Kier molecular flexibility index (Phi) is 13.6. The Balaban J connectivity index is 0.000000737. The van der Waals surface area contributed by atoms with Gasteiger partial charge < -0.3 is 20.9 Å². The standard InChI is InChI=1S/C15H23ClN4O.C11H15ClN4O.ClH/c1-9-7-11(16)8-10(2)12(9)20(6)13(17)18-14(21)19-15(3,4)5;1-6-4-8(12)5-7(2)9(6)16(3)10(13)15-11(14)17;/h7-8H,1-6H3,(H3,17,18,19,21);4-5H,1-3H3,(H4,13,14,15,17);1H. The normalized spacial score (nSPS) is 10.2. The van der Waals surface area contributed by atoms with Crippen molar-refractivity contribution in [1.29, 1.82) is 10.8 Å². The van der Waals surface area contributed by atoms with Gasteiger partial charge in [-0.3, -0.25) is 21.5 Å². The summed E-state index contributed by atoms with van der Waals surface area (Å²) in [4.78, 5) is 25.7. The molecule has 216 valence electrons. The molecule has 0 spiro atoms. The Morgan fingerprint density at radius 2 is 1.08 bits per heavy atom. The van der Waals surface area contributed by atoms with Gasteiger partial charge in [0.15, 0.2) is 0 Å². The number of nitrogens with zero attached hydrogens (tertiary/aromatic N) is 2. The zero-order valence-electron chi connectivity index (χ0n) is 23.8. The highest BCUT2D eigenvalue weighted by Gasteiger charge is 2.18. The van der Waals surface area contributed by atoms with Gasteiger partial charge in [-0.2, -0.15) is 0 Å². The van der Waals surface area contributed by atoms with Crippen molar-refractivity contribution in [3.8, 4) is 0 Å². The topological polar surface area (TPSA) is 150 Å². The molecule has 13 heteroatoms. The van der Waals surface area contributed by atoms with Gasteiger partial charge in [-0.1, -0.05) is 23.2 Å². The predicted molar refractivity (Wildman–Crippen MR) is 165 cm³/mol. The number of benzene rings is 2. The van der Waals surface area contributed by atoms with Crippen LogP contribution in [0.2, 0.25) is 10.0 Å². The van der Waals surface area contributed by atoms with Gasteiger partial charge in [0.05, 0.1) is 0 Å². The van der Waals surface area contributed by atoms with Crippen LogP contribution >= 0.6 is 35.6 Å². The lowest BCUT2D eigenvalue weighted by Crippen LogP contribution is -2.51. The average molecular weight is 602 g/mol. The SMILES string of the molecule is Cc1cc(Cl)cc(C)c1N(C)C(=N)NC(=O)NC(C)(C)C.Cc1cc(Cl)cc(C)c1N(C)C(=N)NC(N)=O.Cl. The molecule has 0 aromatic heterocycles. The summed E-state index contributed by atoms with van der Waals surface area (Å²) >= 11 is 11.9. The first-order valence-corrected chi connectivity index (χ1v) is 12.4. The van der Waals surface area contributed by atoms with E-state index in [9.17, 15) is 9.59 Å². The summed E-state index contributed by atoms with van der Waals surface area (Å²) in [7, 11) is 3.42. The number of primary amides is 1. The molecule has 0 heterocycles. The summed E-state index contributed by atoms with van der Waals surface area (Å²) in [6.07, 6.45) is 0. The Morgan fingerprint density at radius 3 is 1.36 bits per heavy atom. The summed E-state index contributed by atoms with van der Waals surface area (Å²) in [6.45, 7) is 13.3. The summed E-state index contributed by atoms with van der Waals surface area (Å²) < 4.78 is 0. The van der Waals surface area contributed by atoms with E-state index in [1.807, 2.05) is 60.6 Å². The van der Waals surface area contributed by atoms with E-state index in [2.05, 4.69) is 16.0 Å². The second kappa shape index (κ2) is 14.8. The van der Waals surface area contributed by atoms with Crippen molar-refractivity contribution in [2.45, 2.75) is 54.0 Å². The number of hydrogen-bond acceptors (Lipinski definition) is 4. The second-order valence-electron chi connectivity index (χ2n) is 9.91. The van der Waals surface area contributed by atoms with E-state index in [1.54, 1.807) is 36.0 Å². The van der Waals surface area contributed by atoms with Crippen LogP contribution in [0, 0.1) is 38.5 Å². The van der Waals surface area contributed by atoms with E-state index in [-0.39, 0.29) is 29.9 Å². The zero-order chi connectivity index (χ0) is 29.5. The number of carbonyl (C=O) groups is 2. The molecule has 10 nitrogen and oxygen atoms in total. The van der Waals surface area contributed by atoms with E-state index >= 15 is 0 Å². The van der Waals surface area contributed by atoms with Gasteiger partial charge in [0, 0.05) is 41.1 Å². The molecule has 7 N–H and O–H groups in total. The lowest BCUT2D eigenvalue weighted by Gasteiger charge is -2.26. The molecule has 0 aliphatic heterocycles. The maximum absolute atomic E-state index is 11.8. The molecule has 0 radical (unpaired) electrons. The predicted octanol–water partition coefficient (Wildman–Crippen LogP) is 5.84. The monoisotopic (exact) mass is 600 g/mol. The Labute approximate surface area is 247 Å². The number of urea groups is 2. The van der Waals surface area contributed by atoms with E-state index in [0.717, 1.165) is 33.6 Å². The van der Waals surface area contributed by atoms with E-state index in [4.69, 9.17) is 39.8 Å². The zero-order valence-corrected chi connectivity index (χ0v) is 26.1. The molecule has 2 aromatic rings. The maximum atomic E-state index is 11.8. The first-order chi connectivity index (χ1) is 17.3. The van der Waals surface area contributed by atoms with Gasteiger partial charge in [-0.05, 0) is 95.0 Å². The molecule has 2 rings (SSSR count). The molecule has 0 bridgehead atoms. The van der Waals surface area contributed by atoms with Crippen molar-refractivity contribution in [1.82, 2.24) is 16.0 Å². The molecule has 0 saturated carbocycles. The summed E-state index contributed by atoms with van der Waals surface area (Å²) in [5, 5.41) is 24.5. The molecular weight excluding hydrogens is 563 g/mol. The number of carbonyl (C=O) groups excluding carboxylic acids is 2. The van der Waals surface area contributed by atoms with Crippen LogP contribution in [0.1, 0.15) is 43.0 Å². The van der Waals surface area contributed by atoms with Crippen LogP contribution in [0.25, 0.3) is 0 Å². The first kappa shape index (κ1) is 35.8. The highest BCUT2D eigenvalue weighted by atomic mass is 35.5. The summed E-state index contributed by atoms with van der Waals surface area (Å²) in [6, 6.07) is 6.12. The summed E-state index contributed by atoms with van der Waals surface area (Å²) in [5.41, 5.74) is 10.1. The number of anilines is 2. The van der Waals surface area contributed by atoms with Crippen LogP contribution in [0.3, 0.4) is 0 Å². The number of amides is 4. The molecular formula is C26H39Cl3N8O2. The van der Waals surface area contributed by atoms with Crippen molar-refractivity contribution < 1.29 is 9.59 Å². The van der Waals surface area contributed by atoms with Gasteiger partial charge in [-0.15, -0.1) is 12.4 Å². The molecule has 0 aliphatic rings. The van der Waals surface area contributed by atoms with Crippen LogP contribution < -0.4 is 31.5 Å². The molecule has 39 heavy (non-hydrogen) atoms. The fraction of sp³-hybridized carbons (Fsp3) is 0.385. The maximum Gasteiger partial charge on any atom is 0.321 e. The van der Waals surface area contributed by atoms with Crippen LogP contribution in [0.5, 0.6) is 0 Å². The van der Waals surface area contributed by atoms with Crippen LogP contribution in [-0.4, -0.2) is 43.6 Å². The molecule has 2 aromatic carbocycles. The van der Waals surface area contributed by atoms with Gasteiger partial charge in [0.25, 0.3) is 0 Å². The van der Waals surface area contributed by atoms with Gasteiger partial charge in [0.2, 0.25) is 11.9 Å². The minimum atomic E-state index is -0.758. The van der Waals surface area contributed by atoms with E-state index in [0.29, 0.717) is 10.0 Å². The molecule has 0 atom stereocenters. The molecule has 0 saturated heterocycles. The van der Waals surface area contributed by atoms with Gasteiger partial charge in [-0.25, -0.2) is 9.59 Å². The first-order valence-electron chi connectivity index (χ1n) is 11.7. The van der Waals surface area contributed by atoms with E-state index in [1.165, 1.54) is 0 Å². The van der Waals surface area contributed by atoms with E-state index < -0.39 is 12.1 Å². The quantitative estimate of drug-likeness (QED) is 0.189. The Morgan fingerprint density at radius 1 is 0.769 bits per heavy atom. The number of nitrogens with two attached hydrogens (primary N) is 1. The van der Waals surface area contributed by atoms with Gasteiger partial charge in [0.1, 0.15) is 0 Å². The van der Waals surface area contributed by atoms with Crippen molar-refractivity contribution in [2.75, 3.05) is 23.9 Å². The fourth-order valence-corrected chi connectivity index (χ4v) is 4.51. The van der Waals surface area contributed by atoms with Crippen LogP contribution in [-0.2, 0) is 0 Å². The third kappa shape index (κ3) is 11.2. The smallest absolute Gasteiger partial charge is 0.321 e. The van der Waals surface area contributed by atoms with Gasteiger partial charge >= 0.3 is 12.1 Å². The highest BCUT2D eigenvalue weighted by molar-refractivity contribution is 6.31. The second-order valence-corrected chi connectivity index (χ2v) is 10.8. The van der Waals surface area contributed by atoms with Crippen molar-refractivity contribution in [3.63, 3.8) is 0 Å². The fourth-order valence-electron chi connectivity index (χ4n) is 3.85. The Hall–Kier alpha value is -3.21. The van der Waals surface area contributed by atoms with Crippen molar-refractivity contribution in [2.24, 2.45) is 5.73 Å². The molecule has 0 fully saturated rings. The highest BCUT2D eigenvalue weighted by Crippen LogP contribution is 2.28. The number of hydrogen-bond donors (Lipinski definition) is 6. The number of halogens is 3. The lowest BCUT2D eigenvalue weighted by molar-refractivity contribution is 0.236. The average Bonchev–Trinajstić information content (AvgIpc) is 2.70. The number of rotatable bonds is 2. The number of aryl methyl sites for hydroxylation is 4. The number of nitrogens with one attached hydrogen (secondary N) is 5. The van der Waals surface area contributed by atoms with Crippen molar-refractivity contribution in [3.05, 3.63) is 56.6 Å². The third-order valence-electron chi connectivity index (χ3n) is 5.22. The molecule has 4 amide bonds. The largest absolute Gasteiger partial charge is 0.351 e. The third-order valence-corrected chi connectivity index (χ3v) is 5.65. The van der Waals surface area contributed by atoms with Crippen LogP contribution in [0.15, 0.2) is 24.3 Å². The lowest BCUT2D eigenvalue weighted by atomic mass is 10.1.